The molecule has 0 aromatic carbocycles. The zero-order valence-electron chi connectivity index (χ0n) is 11.0. The number of carboxylic acids is 1. The quantitative estimate of drug-likeness (QED) is 0.869. The van der Waals surface area contributed by atoms with E-state index in [2.05, 4.69) is 10.2 Å². The van der Waals surface area contributed by atoms with E-state index in [1.165, 1.54) is 6.33 Å². The van der Waals surface area contributed by atoms with Gasteiger partial charge in [0, 0.05) is 19.3 Å². The third kappa shape index (κ3) is 1.91. The van der Waals surface area contributed by atoms with Crippen LogP contribution in [0, 0.1) is 5.41 Å². The van der Waals surface area contributed by atoms with Crippen molar-refractivity contribution in [3.8, 4) is 0 Å². The highest BCUT2D eigenvalue weighted by Crippen LogP contribution is 2.30. The molecule has 0 saturated carbocycles. The summed E-state index contributed by atoms with van der Waals surface area (Å²) < 4.78 is 1.67. The van der Waals surface area contributed by atoms with Crippen LogP contribution in [0.15, 0.2) is 24.7 Å². The molecule has 1 N–H and O–H groups in total. The second-order valence-corrected chi connectivity index (χ2v) is 5.36. The molecule has 20 heavy (non-hydrogen) atoms. The Bertz CT molecular complexity index is 696. The average molecular weight is 274 g/mol. The summed E-state index contributed by atoms with van der Waals surface area (Å²) in [5, 5.41) is 16.8. The number of aromatic nitrogens is 3. The van der Waals surface area contributed by atoms with Gasteiger partial charge >= 0.3 is 5.97 Å². The van der Waals surface area contributed by atoms with E-state index in [1.807, 2.05) is 0 Å². The SMILES string of the molecule is C[C@@]1(C(=O)O)CCN(C(=O)c2ccc3nncn3c2)C1. The summed E-state index contributed by atoms with van der Waals surface area (Å²) in [4.78, 5) is 25.2. The van der Waals surface area contributed by atoms with Crippen LogP contribution >= 0.6 is 0 Å². The number of rotatable bonds is 2. The normalized spacial score (nSPS) is 22.4. The third-order valence-corrected chi connectivity index (χ3v) is 3.81. The molecule has 0 unspecified atom stereocenters. The molecule has 104 valence electrons. The minimum Gasteiger partial charge on any atom is -0.481 e. The largest absolute Gasteiger partial charge is 0.481 e. The number of carbonyl (C=O) groups is 2. The molecule has 1 amide bonds. The van der Waals surface area contributed by atoms with Crippen LogP contribution in [-0.2, 0) is 4.79 Å². The molecule has 0 bridgehead atoms. The fourth-order valence-corrected chi connectivity index (χ4v) is 2.45. The Morgan fingerprint density at radius 3 is 2.90 bits per heavy atom. The summed E-state index contributed by atoms with van der Waals surface area (Å²) in [5.41, 5.74) is 0.321. The van der Waals surface area contributed by atoms with E-state index in [0.717, 1.165) is 0 Å². The Kier molecular flexibility index (Phi) is 2.70. The van der Waals surface area contributed by atoms with Crippen LogP contribution < -0.4 is 0 Å². The molecule has 0 radical (unpaired) electrons. The van der Waals surface area contributed by atoms with E-state index in [4.69, 9.17) is 0 Å². The second kappa shape index (κ2) is 4.29. The first-order chi connectivity index (χ1) is 9.49. The molecule has 1 aliphatic heterocycles. The molecule has 0 aliphatic carbocycles. The highest BCUT2D eigenvalue weighted by Gasteiger charge is 2.42. The van der Waals surface area contributed by atoms with Gasteiger partial charge in [-0.3, -0.25) is 14.0 Å². The average Bonchev–Trinajstić information content (AvgIpc) is 3.04. The number of carboxylic acid groups (broad SMARTS) is 1. The number of likely N-dealkylation sites (tertiary alicyclic amines) is 1. The topological polar surface area (TPSA) is 87.8 Å². The molecule has 1 aliphatic rings. The maximum Gasteiger partial charge on any atom is 0.311 e. The molecule has 1 fully saturated rings. The Morgan fingerprint density at radius 2 is 2.20 bits per heavy atom. The van der Waals surface area contributed by atoms with Crippen LogP contribution in [0.1, 0.15) is 23.7 Å². The fraction of sp³-hybridized carbons (Fsp3) is 0.385. The van der Waals surface area contributed by atoms with Gasteiger partial charge in [0.1, 0.15) is 6.33 Å². The summed E-state index contributed by atoms with van der Waals surface area (Å²) in [6, 6.07) is 3.40. The van der Waals surface area contributed by atoms with Crippen molar-refractivity contribution in [2.24, 2.45) is 5.41 Å². The fourth-order valence-electron chi connectivity index (χ4n) is 2.45. The summed E-state index contributed by atoms with van der Waals surface area (Å²) in [6.45, 7) is 2.37. The highest BCUT2D eigenvalue weighted by atomic mass is 16.4. The van der Waals surface area contributed by atoms with Gasteiger partial charge in [-0.1, -0.05) is 0 Å². The lowest BCUT2D eigenvalue weighted by Crippen LogP contribution is -2.34. The monoisotopic (exact) mass is 274 g/mol. The predicted molar refractivity (Wildman–Crippen MR) is 69.3 cm³/mol. The van der Waals surface area contributed by atoms with Gasteiger partial charge < -0.3 is 10.0 Å². The summed E-state index contributed by atoms with van der Waals surface area (Å²) >= 11 is 0. The molecule has 2 aromatic rings. The molecular weight excluding hydrogens is 260 g/mol. The Balaban J connectivity index is 1.84. The smallest absolute Gasteiger partial charge is 0.311 e. The van der Waals surface area contributed by atoms with E-state index in [-0.39, 0.29) is 12.5 Å². The van der Waals surface area contributed by atoms with Crippen LogP contribution in [0.5, 0.6) is 0 Å². The van der Waals surface area contributed by atoms with Crippen LogP contribution in [-0.4, -0.2) is 49.6 Å². The predicted octanol–water partition coefficient (Wildman–Crippen LogP) is 0.666. The van der Waals surface area contributed by atoms with Gasteiger partial charge in [-0.25, -0.2) is 0 Å². The van der Waals surface area contributed by atoms with Gasteiger partial charge in [-0.2, -0.15) is 0 Å². The zero-order valence-corrected chi connectivity index (χ0v) is 11.0. The third-order valence-electron chi connectivity index (χ3n) is 3.81. The van der Waals surface area contributed by atoms with Crippen molar-refractivity contribution in [2.45, 2.75) is 13.3 Å². The first kappa shape index (κ1) is 12.6. The Morgan fingerprint density at radius 1 is 1.40 bits per heavy atom. The first-order valence-corrected chi connectivity index (χ1v) is 6.32. The molecule has 3 heterocycles. The van der Waals surface area contributed by atoms with Crippen molar-refractivity contribution in [3.63, 3.8) is 0 Å². The standard InChI is InChI=1S/C13H14N4O3/c1-13(12(19)20)4-5-16(7-13)11(18)9-2-3-10-15-14-8-17(10)6-9/h2-3,6,8H,4-5,7H2,1H3,(H,19,20)/t13-/m1/s1. The van der Waals surface area contributed by atoms with E-state index in [1.54, 1.807) is 34.6 Å². The van der Waals surface area contributed by atoms with Crippen molar-refractivity contribution in [2.75, 3.05) is 13.1 Å². The number of pyridine rings is 1. The van der Waals surface area contributed by atoms with Crippen LogP contribution in [0.3, 0.4) is 0 Å². The van der Waals surface area contributed by atoms with Crippen LogP contribution in [0.4, 0.5) is 0 Å². The number of hydrogen-bond donors (Lipinski definition) is 1. The number of hydrogen-bond acceptors (Lipinski definition) is 4. The highest BCUT2D eigenvalue weighted by molar-refractivity contribution is 5.95. The van der Waals surface area contributed by atoms with Gasteiger partial charge in [0.15, 0.2) is 5.65 Å². The van der Waals surface area contributed by atoms with E-state index in [0.29, 0.717) is 24.2 Å². The second-order valence-electron chi connectivity index (χ2n) is 5.36. The summed E-state index contributed by atoms with van der Waals surface area (Å²) in [6.07, 6.45) is 3.66. The molecule has 2 aromatic heterocycles. The number of carbonyl (C=O) groups excluding carboxylic acids is 1. The van der Waals surface area contributed by atoms with Crippen molar-refractivity contribution in [1.82, 2.24) is 19.5 Å². The van der Waals surface area contributed by atoms with Gasteiger partial charge in [0.2, 0.25) is 0 Å². The summed E-state index contributed by atoms with van der Waals surface area (Å²) in [7, 11) is 0. The number of amides is 1. The summed E-state index contributed by atoms with van der Waals surface area (Å²) in [5.74, 6) is -1.02. The van der Waals surface area contributed by atoms with E-state index in [9.17, 15) is 14.7 Å². The minimum absolute atomic E-state index is 0.162. The molecule has 3 rings (SSSR count). The number of fused-ring (bicyclic) bond motifs is 1. The lowest BCUT2D eigenvalue weighted by molar-refractivity contribution is -0.147. The molecule has 7 nitrogen and oxygen atoms in total. The van der Waals surface area contributed by atoms with Crippen molar-refractivity contribution in [3.05, 3.63) is 30.2 Å². The number of nitrogens with zero attached hydrogens (tertiary/aromatic N) is 4. The van der Waals surface area contributed by atoms with Crippen LogP contribution in [0.25, 0.3) is 5.65 Å². The van der Waals surface area contributed by atoms with Crippen molar-refractivity contribution in [1.29, 1.82) is 0 Å². The number of aliphatic carboxylic acids is 1. The van der Waals surface area contributed by atoms with Crippen molar-refractivity contribution < 1.29 is 14.7 Å². The molecule has 1 atom stereocenters. The zero-order chi connectivity index (χ0) is 14.3. The molecular formula is C13H14N4O3. The van der Waals surface area contributed by atoms with Gasteiger partial charge in [-0.05, 0) is 25.5 Å². The first-order valence-electron chi connectivity index (χ1n) is 6.32. The lowest BCUT2D eigenvalue weighted by Gasteiger charge is -2.20. The van der Waals surface area contributed by atoms with E-state index >= 15 is 0 Å². The molecule has 0 spiro atoms. The van der Waals surface area contributed by atoms with Crippen LogP contribution in [0.2, 0.25) is 0 Å². The Labute approximate surface area is 114 Å². The lowest BCUT2D eigenvalue weighted by atomic mass is 9.90. The molecule has 1 saturated heterocycles. The maximum absolute atomic E-state index is 12.4. The minimum atomic E-state index is -0.859. The van der Waals surface area contributed by atoms with Crippen molar-refractivity contribution >= 4 is 17.5 Å². The Hall–Kier alpha value is -2.44. The molecule has 7 heteroatoms. The van der Waals surface area contributed by atoms with Gasteiger partial charge in [0.25, 0.3) is 5.91 Å². The van der Waals surface area contributed by atoms with Gasteiger partial charge in [-0.15, -0.1) is 10.2 Å². The maximum atomic E-state index is 12.4. The van der Waals surface area contributed by atoms with Gasteiger partial charge in [0.05, 0.1) is 11.0 Å². The van der Waals surface area contributed by atoms with E-state index < -0.39 is 11.4 Å².